The van der Waals surface area contributed by atoms with Crippen molar-refractivity contribution >= 4 is 17.2 Å². The first-order chi connectivity index (χ1) is 18.8. The van der Waals surface area contributed by atoms with Crippen LogP contribution in [0.2, 0.25) is 0 Å². The second kappa shape index (κ2) is 12.5. The van der Waals surface area contributed by atoms with E-state index in [9.17, 15) is 35.5 Å². The number of alkyl halides is 6. The molecular formula is C29H26F7N3O. The van der Waals surface area contributed by atoms with Crippen LogP contribution in [0.1, 0.15) is 58.3 Å². The summed E-state index contributed by atoms with van der Waals surface area (Å²) in [5.74, 6) is -1.02. The molecule has 0 radical (unpaired) electrons. The summed E-state index contributed by atoms with van der Waals surface area (Å²) in [6.07, 6.45) is -6.65. The van der Waals surface area contributed by atoms with Gasteiger partial charge >= 0.3 is 12.4 Å². The van der Waals surface area contributed by atoms with Crippen LogP contribution < -0.4 is 5.32 Å². The Bertz CT molecular complexity index is 1470. The first-order valence-electron chi connectivity index (χ1n) is 12.2. The molecule has 2 aromatic heterocycles. The van der Waals surface area contributed by atoms with E-state index in [4.69, 9.17) is 0 Å². The molecule has 212 valence electrons. The highest BCUT2D eigenvalue weighted by Crippen LogP contribution is 2.37. The van der Waals surface area contributed by atoms with E-state index >= 15 is 0 Å². The molecule has 1 atom stereocenters. The zero-order valence-electron chi connectivity index (χ0n) is 21.7. The van der Waals surface area contributed by atoms with Crippen molar-refractivity contribution in [2.24, 2.45) is 5.92 Å². The molecule has 4 aromatic rings. The smallest absolute Gasteiger partial charge is 0.308 e. The van der Waals surface area contributed by atoms with Crippen molar-refractivity contribution in [2.75, 3.05) is 7.05 Å². The second-order valence-corrected chi connectivity index (χ2v) is 9.33. The number of benzene rings is 2. The fourth-order valence-electron chi connectivity index (χ4n) is 4.17. The van der Waals surface area contributed by atoms with E-state index in [1.807, 2.05) is 30.3 Å². The van der Waals surface area contributed by atoms with E-state index < -0.39 is 41.0 Å². The van der Waals surface area contributed by atoms with Gasteiger partial charge in [-0.2, -0.15) is 26.3 Å². The molecular weight excluding hydrogens is 539 g/mol. The molecule has 0 saturated heterocycles. The first kappa shape index (κ1) is 30.7. The van der Waals surface area contributed by atoms with Gasteiger partial charge in [0.15, 0.2) is 6.29 Å². The number of carbonyl (C=O) groups is 1. The van der Waals surface area contributed by atoms with Crippen LogP contribution >= 0.6 is 0 Å². The normalized spacial score (nSPS) is 12.7. The first-order valence-corrected chi connectivity index (χ1v) is 12.2. The Morgan fingerprint density at radius 2 is 1.57 bits per heavy atom. The van der Waals surface area contributed by atoms with E-state index in [1.165, 1.54) is 7.05 Å². The van der Waals surface area contributed by atoms with Crippen LogP contribution in [0.5, 0.6) is 0 Å². The number of rotatable bonds is 6. The van der Waals surface area contributed by atoms with E-state index in [0.717, 1.165) is 59.3 Å². The summed E-state index contributed by atoms with van der Waals surface area (Å²) in [4.78, 5) is 19.3. The number of hydrogen-bond donors (Lipinski definition) is 1. The maximum absolute atomic E-state index is 13.7. The Labute approximate surface area is 226 Å². The fourth-order valence-corrected chi connectivity index (χ4v) is 4.17. The van der Waals surface area contributed by atoms with Gasteiger partial charge in [0.2, 0.25) is 0 Å². The van der Waals surface area contributed by atoms with Crippen LogP contribution in [0.15, 0.2) is 66.9 Å². The number of hydrogen-bond acceptors (Lipinski definition) is 4. The quantitative estimate of drug-likeness (QED) is 0.191. The topological polar surface area (TPSA) is 54.9 Å². The minimum atomic E-state index is -4.89. The minimum absolute atomic E-state index is 0.104. The van der Waals surface area contributed by atoms with Crippen molar-refractivity contribution in [1.82, 2.24) is 15.3 Å². The van der Waals surface area contributed by atoms with E-state index in [2.05, 4.69) is 29.1 Å². The molecule has 0 bridgehead atoms. The molecule has 4 rings (SSSR count). The van der Waals surface area contributed by atoms with Crippen molar-refractivity contribution in [3.63, 3.8) is 0 Å². The summed E-state index contributed by atoms with van der Waals surface area (Å²) in [5.41, 5.74) is -0.457. The number of aromatic nitrogens is 2. The van der Waals surface area contributed by atoms with Gasteiger partial charge in [0.1, 0.15) is 5.82 Å². The maximum Gasteiger partial charge on any atom is 0.419 e. The highest BCUT2D eigenvalue weighted by atomic mass is 19.4. The van der Waals surface area contributed by atoms with Gasteiger partial charge in [-0.05, 0) is 61.3 Å². The SMILES string of the molecule is CC(C)Cc1cc(C=O)c2ccccc2n1.CNC(c1ccc(C(F)(F)F)c(F)c1)c1ncccc1C(F)(F)F. The van der Waals surface area contributed by atoms with Crippen LogP contribution in [0.4, 0.5) is 30.7 Å². The molecule has 0 spiro atoms. The second-order valence-electron chi connectivity index (χ2n) is 9.33. The molecule has 0 aliphatic carbocycles. The number of pyridine rings is 2. The number of para-hydroxylation sites is 1. The average molecular weight is 566 g/mol. The van der Waals surface area contributed by atoms with Gasteiger partial charge in [0.05, 0.1) is 28.4 Å². The molecule has 4 nitrogen and oxygen atoms in total. The third-order valence-electron chi connectivity index (χ3n) is 5.88. The lowest BCUT2D eigenvalue weighted by atomic mass is 9.97. The number of halogens is 7. The van der Waals surface area contributed by atoms with Crippen molar-refractivity contribution in [1.29, 1.82) is 0 Å². The van der Waals surface area contributed by atoms with Gasteiger partial charge in [-0.25, -0.2) is 4.39 Å². The zero-order chi connectivity index (χ0) is 29.7. The molecule has 0 aliphatic rings. The maximum atomic E-state index is 13.7. The monoisotopic (exact) mass is 565 g/mol. The lowest BCUT2D eigenvalue weighted by Gasteiger charge is -2.21. The molecule has 0 saturated carbocycles. The number of nitrogens with one attached hydrogen (secondary N) is 1. The molecule has 1 N–H and O–H groups in total. The molecule has 2 heterocycles. The average Bonchev–Trinajstić information content (AvgIpc) is 2.87. The summed E-state index contributed by atoms with van der Waals surface area (Å²) >= 11 is 0. The van der Waals surface area contributed by atoms with Gasteiger partial charge in [-0.15, -0.1) is 0 Å². The summed E-state index contributed by atoms with van der Waals surface area (Å²) < 4.78 is 90.7. The van der Waals surface area contributed by atoms with Crippen LogP contribution in [0, 0.1) is 11.7 Å². The number of aldehydes is 1. The van der Waals surface area contributed by atoms with Crippen LogP contribution in [0.25, 0.3) is 10.9 Å². The highest BCUT2D eigenvalue weighted by Gasteiger charge is 2.37. The Morgan fingerprint density at radius 1 is 0.900 bits per heavy atom. The van der Waals surface area contributed by atoms with Crippen molar-refractivity contribution in [2.45, 2.75) is 38.7 Å². The van der Waals surface area contributed by atoms with Crippen LogP contribution in [-0.2, 0) is 18.8 Å². The summed E-state index contributed by atoms with van der Waals surface area (Å²) in [6.45, 7) is 4.30. The van der Waals surface area contributed by atoms with Crippen molar-refractivity contribution in [3.8, 4) is 0 Å². The summed E-state index contributed by atoms with van der Waals surface area (Å²) in [6, 6.07) is 12.3. The van der Waals surface area contributed by atoms with Crippen molar-refractivity contribution < 1.29 is 35.5 Å². The Hall–Kier alpha value is -3.86. The largest absolute Gasteiger partial charge is 0.419 e. The lowest BCUT2D eigenvalue weighted by molar-refractivity contribution is -0.140. The van der Waals surface area contributed by atoms with E-state index in [0.29, 0.717) is 18.1 Å². The van der Waals surface area contributed by atoms with E-state index in [1.54, 1.807) is 0 Å². The number of carbonyl (C=O) groups excluding carboxylic acids is 1. The van der Waals surface area contributed by atoms with Gasteiger partial charge < -0.3 is 5.32 Å². The molecule has 2 aromatic carbocycles. The van der Waals surface area contributed by atoms with Gasteiger partial charge in [0.25, 0.3) is 0 Å². The molecule has 0 aliphatic heterocycles. The summed E-state index contributed by atoms with van der Waals surface area (Å²) in [7, 11) is 1.30. The van der Waals surface area contributed by atoms with Gasteiger partial charge in [-0.1, -0.05) is 38.1 Å². The lowest BCUT2D eigenvalue weighted by Crippen LogP contribution is -2.23. The third-order valence-corrected chi connectivity index (χ3v) is 5.88. The molecule has 1 unspecified atom stereocenters. The van der Waals surface area contributed by atoms with Crippen molar-refractivity contribution in [3.05, 3.63) is 106 Å². The Morgan fingerprint density at radius 3 is 2.15 bits per heavy atom. The molecule has 11 heteroatoms. The highest BCUT2D eigenvalue weighted by molar-refractivity contribution is 5.96. The Balaban J connectivity index is 0.000000238. The van der Waals surface area contributed by atoms with Gasteiger partial charge in [0, 0.05) is 22.8 Å². The predicted octanol–water partition coefficient (Wildman–Crippen LogP) is 7.81. The van der Waals surface area contributed by atoms with Gasteiger partial charge in [-0.3, -0.25) is 14.8 Å². The summed E-state index contributed by atoms with van der Waals surface area (Å²) in [5, 5.41) is 3.46. The van der Waals surface area contributed by atoms with E-state index in [-0.39, 0.29) is 5.56 Å². The fraction of sp³-hybridized carbons (Fsp3) is 0.276. The Kier molecular flexibility index (Phi) is 9.62. The number of nitrogens with zero attached hydrogens (tertiary/aromatic N) is 2. The van der Waals surface area contributed by atoms with Crippen LogP contribution in [-0.4, -0.2) is 23.3 Å². The van der Waals surface area contributed by atoms with Crippen LogP contribution in [0.3, 0.4) is 0 Å². The third kappa shape index (κ3) is 7.41. The molecule has 0 fully saturated rings. The molecule has 40 heavy (non-hydrogen) atoms. The standard InChI is InChI=1S/C15H11F7N2.C14H15NO/c1-23-12(13-10(15(20,21)22)3-2-6-24-13)8-4-5-9(11(16)7-8)14(17,18)19;1-10(2)7-12-8-11(9-16)13-5-3-4-6-14(13)15-12/h2-7,12,23H,1H3;3-6,8-10H,7H2,1-2H3. The minimum Gasteiger partial charge on any atom is -0.308 e. The number of fused-ring (bicyclic) bond motifs is 1. The molecule has 0 amide bonds. The predicted molar refractivity (Wildman–Crippen MR) is 137 cm³/mol. The zero-order valence-corrected chi connectivity index (χ0v) is 21.7.